The van der Waals surface area contributed by atoms with Crippen LogP contribution in [-0.4, -0.2) is 62.9 Å². The molecule has 0 saturated heterocycles. The van der Waals surface area contributed by atoms with Gasteiger partial charge in [0, 0.05) is 24.8 Å². The number of nitrogen functional groups attached to an aromatic ring is 1. The number of carbonyl (C=O) groups excluding carboxylic acids is 2. The number of esters is 1. The van der Waals surface area contributed by atoms with Crippen molar-refractivity contribution < 1.29 is 57.2 Å². The normalized spacial score (nSPS) is 12.2. The maximum Gasteiger partial charge on any atom is 0.379 e. The highest BCUT2D eigenvalue weighted by Gasteiger charge is 2.31. The second kappa shape index (κ2) is 14.9. The lowest BCUT2D eigenvalue weighted by atomic mass is 9.97. The number of amides is 1. The molecule has 1 heterocycles. The maximum absolute atomic E-state index is 12.6. The monoisotopic (exact) mass is 569 g/mol. The Morgan fingerprint density at radius 2 is 1.65 bits per heavy atom. The maximum atomic E-state index is 12.6. The van der Waals surface area contributed by atoms with E-state index in [2.05, 4.69) is 5.32 Å². The molecule has 0 aliphatic heterocycles. The lowest BCUT2D eigenvalue weighted by Gasteiger charge is -2.18. The first-order valence-electron chi connectivity index (χ1n) is 11.7. The smallest absolute Gasteiger partial charge is 0.379 e. The lowest BCUT2D eigenvalue weighted by Crippen LogP contribution is -2.45. The Balaban J connectivity index is 0.00000101. The van der Waals surface area contributed by atoms with Crippen LogP contribution in [0, 0.1) is 11.3 Å². The average molecular weight is 570 g/mol. The van der Waals surface area contributed by atoms with Crippen molar-refractivity contribution in [3.8, 4) is 5.75 Å². The van der Waals surface area contributed by atoms with Crippen molar-refractivity contribution in [2.24, 2.45) is 11.7 Å². The van der Waals surface area contributed by atoms with Gasteiger partial charge < -0.3 is 35.5 Å². The standard InChI is InChI=1S/C22H25N3O8.C3H4F2O2/c1-2-3-13(20(28)25-16(21(29)30)11-18(26)27)10-15-8-9-17(32-15)22(31)33-14-6-4-12(5-7-14)19(23)24;1-3(4,5)2(6)7/h4-9,13,16H,2-3,10-11H2,1H3,(H3,23,24)(H,25,28)(H,26,27)(H,29,30);1H3,(H,6,7)/t13?,16-;/m1./s1. The zero-order valence-electron chi connectivity index (χ0n) is 21.5. The molecule has 1 amide bonds. The first-order valence-corrected chi connectivity index (χ1v) is 11.7. The Morgan fingerprint density at radius 1 is 1.07 bits per heavy atom. The van der Waals surface area contributed by atoms with Crippen LogP contribution in [0.2, 0.25) is 0 Å². The van der Waals surface area contributed by atoms with Crippen molar-refractivity contribution in [3.05, 3.63) is 53.5 Å². The summed E-state index contributed by atoms with van der Waals surface area (Å²) in [4.78, 5) is 56.2. The van der Waals surface area contributed by atoms with Gasteiger partial charge in [-0.05, 0) is 42.8 Å². The minimum atomic E-state index is -3.58. The van der Waals surface area contributed by atoms with E-state index in [9.17, 15) is 32.8 Å². The highest BCUT2D eigenvalue weighted by Crippen LogP contribution is 2.20. The molecule has 0 saturated carbocycles. The number of aliphatic carboxylic acids is 3. The molecule has 0 aliphatic rings. The number of alkyl halides is 2. The van der Waals surface area contributed by atoms with E-state index in [1.807, 2.05) is 6.92 Å². The fraction of sp³-hybridized carbons (Fsp3) is 0.360. The number of benzene rings is 1. The number of nitrogens with two attached hydrogens (primary N) is 1. The third kappa shape index (κ3) is 11.3. The number of hydrogen-bond acceptors (Lipinski definition) is 8. The van der Waals surface area contributed by atoms with Crippen LogP contribution in [0.15, 0.2) is 40.8 Å². The van der Waals surface area contributed by atoms with Crippen LogP contribution in [0.3, 0.4) is 0 Å². The van der Waals surface area contributed by atoms with Gasteiger partial charge in [-0.15, -0.1) is 0 Å². The van der Waals surface area contributed by atoms with E-state index in [0.717, 1.165) is 0 Å². The van der Waals surface area contributed by atoms with Crippen LogP contribution in [0.4, 0.5) is 8.78 Å². The lowest BCUT2D eigenvalue weighted by molar-refractivity contribution is -0.162. The zero-order valence-corrected chi connectivity index (χ0v) is 21.5. The summed E-state index contributed by atoms with van der Waals surface area (Å²) in [5.41, 5.74) is 5.86. The molecule has 2 atom stereocenters. The minimum absolute atomic E-state index is 0.0830. The topological polar surface area (TPSA) is 230 Å². The Bertz CT molecular complexity index is 1220. The van der Waals surface area contributed by atoms with E-state index >= 15 is 0 Å². The van der Waals surface area contributed by atoms with Crippen molar-refractivity contribution >= 4 is 35.6 Å². The molecule has 1 unspecified atom stereocenters. The molecule has 2 aromatic rings. The van der Waals surface area contributed by atoms with Crippen molar-refractivity contribution in [1.29, 1.82) is 5.41 Å². The van der Waals surface area contributed by atoms with E-state index in [0.29, 0.717) is 31.1 Å². The van der Waals surface area contributed by atoms with E-state index in [1.165, 1.54) is 36.4 Å². The van der Waals surface area contributed by atoms with Gasteiger partial charge in [-0.2, -0.15) is 8.78 Å². The van der Waals surface area contributed by atoms with Gasteiger partial charge >= 0.3 is 29.8 Å². The van der Waals surface area contributed by atoms with Crippen LogP contribution in [0.1, 0.15) is 55.0 Å². The summed E-state index contributed by atoms with van der Waals surface area (Å²) in [5.74, 6) is -10.2. The number of carboxylic acids is 3. The molecule has 13 nitrogen and oxygen atoms in total. The predicted octanol–water partition coefficient (Wildman–Crippen LogP) is 2.51. The van der Waals surface area contributed by atoms with Gasteiger partial charge in [0.15, 0.2) is 0 Å². The van der Waals surface area contributed by atoms with Gasteiger partial charge in [0.05, 0.1) is 6.42 Å². The fourth-order valence-corrected chi connectivity index (χ4v) is 3.04. The molecule has 0 radical (unpaired) electrons. The van der Waals surface area contributed by atoms with Crippen molar-refractivity contribution in [1.82, 2.24) is 5.32 Å². The average Bonchev–Trinajstić information content (AvgIpc) is 3.32. The highest BCUT2D eigenvalue weighted by molar-refractivity contribution is 5.95. The highest BCUT2D eigenvalue weighted by atomic mass is 19.3. The first kappa shape index (κ1) is 33.2. The quantitative estimate of drug-likeness (QED) is 0.0888. The number of ether oxygens (including phenoxy) is 1. The number of amidine groups is 1. The summed E-state index contributed by atoms with van der Waals surface area (Å²) >= 11 is 0. The summed E-state index contributed by atoms with van der Waals surface area (Å²) in [6, 6.07) is 7.38. The van der Waals surface area contributed by atoms with Crippen LogP contribution in [0.5, 0.6) is 5.75 Å². The van der Waals surface area contributed by atoms with Crippen LogP contribution in [-0.2, 0) is 25.6 Å². The third-order valence-electron chi connectivity index (χ3n) is 5.06. The molecule has 2 rings (SSSR count). The SMILES string of the molecule is CC(F)(F)C(=O)O.CCCC(Cc1ccc(C(=O)Oc2ccc(C(=N)N)cc2)o1)C(=O)N[C@H](CC(=O)O)C(=O)O. The second-order valence-corrected chi connectivity index (χ2v) is 8.47. The third-order valence-corrected chi connectivity index (χ3v) is 5.06. The largest absolute Gasteiger partial charge is 0.481 e. The van der Waals surface area contributed by atoms with E-state index < -0.39 is 54.1 Å². The predicted molar refractivity (Wildman–Crippen MR) is 133 cm³/mol. The summed E-state index contributed by atoms with van der Waals surface area (Å²) in [7, 11) is 0. The number of furan rings is 1. The Morgan fingerprint density at radius 3 is 2.10 bits per heavy atom. The molecule has 0 spiro atoms. The number of rotatable bonds is 13. The van der Waals surface area contributed by atoms with Crippen molar-refractivity contribution in [3.63, 3.8) is 0 Å². The summed E-state index contributed by atoms with van der Waals surface area (Å²) in [6.45, 7) is 2.17. The Labute approximate surface area is 226 Å². The van der Waals surface area contributed by atoms with Gasteiger partial charge in [0.2, 0.25) is 11.7 Å². The summed E-state index contributed by atoms with van der Waals surface area (Å²) < 4.78 is 33.2. The molecule has 0 bridgehead atoms. The van der Waals surface area contributed by atoms with Crippen LogP contribution >= 0.6 is 0 Å². The molecule has 40 heavy (non-hydrogen) atoms. The summed E-state index contributed by atoms with van der Waals surface area (Å²) in [6.07, 6.45) is 0.346. The second-order valence-electron chi connectivity index (χ2n) is 8.47. The summed E-state index contributed by atoms with van der Waals surface area (Å²) in [5, 5.41) is 35.1. The van der Waals surface area contributed by atoms with Crippen LogP contribution < -0.4 is 15.8 Å². The first-order chi connectivity index (χ1) is 18.5. The number of hydrogen-bond donors (Lipinski definition) is 6. The van der Waals surface area contributed by atoms with E-state index in [4.69, 9.17) is 35.6 Å². The number of halogens is 2. The number of carbonyl (C=O) groups is 5. The Kier molecular flexibility index (Phi) is 12.4. The van der Waals surface area contributed by atoms with Gasteiger partial charge in [-0.3, -0.25) is 15.0 Å². The zero-order chi connectivity index (χ0) is 30.6. The van der Waals surface area contributed by atoms with Gasteiger partial charge in [-0.25, -0.2) is 14.4 Å². The molecule has 15 heteroatoms. The molecule has 1 aromatic carbocycles. The number of carboxylic acid groups (broad SMARTS) is 3. The van der Waals surface area contributed by atoms with Gasteiger partial charge in [-0.1, -0.05) is 13.3 Å². The van der Waals surface area contributed by atoms with E-state index in [1.54, 1.807) is 0 Å². The molecular formula is C25H29F2N3O10. The fourth-order valence-electron chi connectivity index (χ4n) is 3.04. The molecule has 0 fully saturated rings. The van der Waals surface area contributed by atoms with Crippen molar-refractivity contribution in [2.45, 2.75) is 51.5 Å². The molecule has 1 aromatic heterocycles. The van der Waals surface area contributed by atoms with Crippen molar-refractivity contribution in [2.75, 3.05) is 0 Å². The van der Waals surface area contributed by atoms with Crippen LogP contribution in [0.25, 0.3) is 0 Å². The molecular weight excluding hydrogens is 540 g/mol. The Hall–Kier alpha value is -4.82. The van der Waals surface area contributed by atoms with Gasteiger partial charge in [0.25, 0.3) is 0 Å². The molecule has 218 valence electrons. The molecule has 7 N–H and O–H groups in total. The van der Waals surface area contributed by atoms with E-state index in [-0.39, 0.29) is 23.8 Å². The minimum Gasteiger partial charge on any atom is -0.481 e. The van der Waals surface area contributed by atoms with Gasteiger partial charge in [0.1, 0.15) is 23.4 Å². The number of nitrogens with one attached hydrogen (secondary N) is 2. The molecule has 0 aliphatic carbocycles.